The van der Waals surface area contributed by atoms with E-state index in [1.54, 1.807) is 54.6 Å². The van der Waals surface area contributed by atoms with Gasteiger partial charge >= 0.3 is 5.97 Å². The first kappa shape index (κ1) is 19.1. The van der Waals surface area contributed by atoms with Crippen LogP contribution in [-0.4, -0.2) is 22.9 Å². The first-order chi connectivity index (χ1) is 13.4. The van der Waals surface area contributed by atoms with Gasteiger partial charge in [0.15, 0.2) is 0 Å². The van der Waals surface area contributed by atoms with Crippen molar-refractivity contribution in [2.24, 2.45) is 0 Å². The number of carbonyl (C=O) groups is 3. The molecule has 0 fully saturated rings. The number of amides is 2. The van der Waals surface area contributed by atoms with Crippen molar-refractivity contribution in [3.05, 3.63) is 94.5 Å². The maximum Gasteiger partial charge on any atom is 0.335 e. The first-order valence-electron chi connectivity index (χ1n) is 8.25. The fraction of sp³-hybridized carbons (Fsp3) is 0. The van der Waals surface area contributed by atoms with Crippen LogP contribution in [0.1, 0.15) is 31.1 Å². The van der Waals surface area contributed by atoms with E-state index < -0.39 is 11.9 Å². The third kappa shape index (κ3) is 4.55. The summed E-state index contributed by atoms with van der Waals surface area (Å²) in [5.41, 5.74) is 1.36. The van der Waals surface area contributed by atoms with Crippen LogP contribution in [0.2, 0.25) is 5.02 Å². The maximum absolute atomic E-state index is 12.7. The van der Waals surface area contributed by atoms with Gasteiger partial charge in [-0.05, 0) is 54.6 Å². The molecule has 0 bridgehead atoms. The summed E-state index contributed by atoms with van der Waals surface area (Å²) in [4.78, 5) is 36.2. The minimum Gasteiger partial charge on any atom is -0.478 e. The van der Waals surface area contributed by atoms with Gasteiger partial charge in [-0.15, -0.1) is 0 Å². The van der Waals surface area contributed by atoms with Gasteiger partial charge in [0.05, 0.1) is 16.8 Å². The molecular formula is C21H15ClN2O4. The molecule has 140 valence electrons. The van der Waals surface area contributed by atoms with Gasteiger partial charge in [-0.2, -0.15) is 0 Å². The van der Waals surface area contributed by atoms with Gasteiger partial charge in [-0.25, -0.2) is 4.79 Å². The molecule has 6 nitrogen and oxygen atoms in total. The van der Waals surface area contributed by atoms with Crippen LogP contribution < -0.4 is 10.6 Å². The van der Waals surface area contributed by atoms with Gasteiger partial charge < -0.3 is 15.7 Å². The van der Waals surface area contributed by atoms with Gasteiger partial charge in [0, 0.05) is 16.3 Å². The third-order valence-electron chi connectivity index (χ3n) is 3.89. The standard InChI is InChI=1S/C21H15ClN2O4/c22-15-10-8-13(9-11-15)19(25)24-18-7-2-1-6-17(18)20(26)23-16-5-3-4-14(12-16)21(27)28/h1-12H,(H,23,26)(H,24,25)(H,27,28). The molecule has 3 N–H and O–H groups in total. The summed E-state index contributed by atoms with van der Waals surface area (Å²) in [6.45, 7) is 0. The molecule has 3 rings (SSSR count). The van der Waals surface area contributed by atoms with Gasteiger partial charge in [-0.1, -0.05) is 29.8 Å². The van der Waals surface area contributed by atoms with Crippen LogP contribution in [0.4, 0.5) is 11.4 Å². The van der Waals surface area contributed by atoms with Crippen LogP contribution >= 0.6 is 11.6 Å². The SMILES string of the molecule is O=C(O)c1cccc(NC(=O)c2ccccc2NC(=O)c2ccc(Cl)cc2)c1. The Balaban J connectivity index is 1.80. The molecule has 0 spiro atoms. The van der Waals surface area contributed by atoms with Crippen molar-refractivity contribution in [1.29, 1.82) is 0 Å². The average molecular weight is 395 g/mol. The molecule has 3 aromatic rings. The van der Waals surface area contributed by atoms with E-state index in [0.717, 1.165) is 0 Å². The fourth-order valence-corrected chi connectivity index (χ4v) is 2.64. The van der Waals surface area contributed by atoms with Gasteiger partial charge in [0.2, 0.25) is 0 Å². The number of carbonyl (C=O) groups excluding carboxylic acids is 2. The van der Waals surface area contributed by atoms with E-state index in [9.17, 15) is 14.4 Å². The van der Waals surface area contributed by atoms with Gasteiger partial charge in [0.1, 0.15) is 0 Å². The smallest absolute Gasteiger partial charge is 0.335 e. The summed E-state index contributed by atoms with van der Waals surface area (Å²) < 4.78 is 0. The Kier molecular flexibility index (Phi) is 5.72. The maximum atomic E-state index is 12.7. The quantitative estimate of drug-likeness (QED) is 0.591. The number of carboxylic acid groups (broad SMARTS) is 1. The Morgan fingerprint density at radius 3 is 2.18 bits per heavy atom. The van der Waals surface area contributed by atoms with Gasteiger partial charge in [-0.3, -0.25) is 9.59 Å². The van der Waals surface area contributed by atoms with E-state index in [1.165, 1.54) is 18.2 Å². The number of hydrogen-bond acceptors (Lipinski definition) is 3. The highest BCUT2D eigenvalue weighted by molar-refractivity contribution is 6.30. The summed E-state index contributed by atoms with van der Waals surface area (Å²) in [5, 5.41) is 14.9. The molecule has 2 amide bonds. The molecule has 0 aromatic heterocycles. The molecule has 7 heteroatoms. The van der Waals surface area contributed by atoms with Crippen molar-refractivity contribution in [1.82, 2.24) is 0 Å². The number of carboxylic acids is 1. The lowest BCUT2D eigenvalue weighted by Gasteiger charge is -2.12. The number of para-hydroxylation sites is 1. The van der Waals surface area contributed by atoms with Gasteiger partial charge in [0.25, 0.3) is 11.8 Å². The minimum absolute atomic E-state index is 0.0575. The lowest BCUT2D eigenvalue weighted by atomic mass is 10.1. The molecule has 0 saturated carbocycles. The second-order valence-electron chi connectivity index (χ2n) is 5.85. The molecule has 3 aromatic carbocycles. The topological polar surface area (TPSA) is 95.5 Å². The molecule has 0 aliphatic heterocycles. The number of anilines is 2. The zero-order valence-electron chi connectivity index (χ0n) is 14.5. The van der Waals surface area contributed by atoms with Crippen molar-refractivity contribution >= 4 is 40.8 Å². The van der Waals surface area contributed by atoms with E-state index in [1.807, 2.05) is 0 Å². The van der Waals surface area contributed by atoms with E-state index in [0.29, 0.717) is 22.0 Å². The second kappa shape index (κ2) is 8.37. The number of aromatic carboxylic acids is 1. The van der Waals surface area contributed by atoms with E-state index in [2.05, 4.69) is 10.6 Å². The molecule has 0 saturated heterocycles. The van der Waals surface area contributed by atoms with Crippen LogP contribution in [0.25, 0.3) is 0 Å². The highest BCUT2D eigenvalue weighted by Crippen LogP contribution is 2.20. The Hall–Kier alpha value is -3.64. The molecular weight excluding hydrogens is 380 g/mol. The predicted molar refractivity (Wildman–Crippen MR) is 107 cm³/mol. The predicted octanol–water partition coefficient (Wildman–Crippen LogP) is 4.54. The van der Waals surface area contributed by atoms with Crippen molar-refractivity contribution in [2.45, 2.75) is 0 Å². The summed E-state index contributed by atoms with van der Waals surface area (Å²) in [6, 6.07) is 18.8. The monoisotopic (exact) mass is 394 g/mol. The minimum atomic E-state index is -1.09. The second-order valence-corrected chi connectivity index (χ2v) is 6.28. The molecule has 0 aliphatic rings. The zero-order valence-corrected chi connectivity index (χ0v) is 15.2. The molecule has 0 atom stereocenters. The van der Waals surface area contributed by atoms with Crippen molar-refractivity contribution < 1.29 is 19.5 Å². The summed E-state index contributed by atoms with van der Waals surface area (Å²) in [7, 11) is 0. The number of halogens is 1. The number of benzene rings is 3. The number of hydrogen-bond donors (Lipinski definition) is 3. The van der Waals surface area contributed by atoms with Crippen LogP contribution in [0.5, 0.6) is 0 Å². The highest BCUT2D eigenvalue weighted by atomic mass is 35.5. The Morgan fingerprint density at radius 1 is 0.750 bits per heavy atom. The Morgan fingerprint density at radius 2 is 1.46 bits per heavy atom. The summed E-state index contributed by atoms with van der Waals surface area (Å²) in [5.74, 6) is -1.95. The lowest BCUT2D eigenvalue weighted by molar-refractivity contribution is 0.0696. The average Bonchev–Trinajstić information content (AvgIpc) is 2.69. The van der Waals surface area contributed by atoms with Crippen LogP contribution in [0, 0.1) is 0 Å². The number of nitrogens with one attached hydrogen (secondary N) is 2. The molecule has 28 heavy (non-hydrogen) atoms. The highest BCUT2D eigenvalue weighted by Gasteiger charge is 2.15. The third-order valence-corrected chi connectivity index (χ3v) is 4.15. The van der Waals surface area contributed by atoms with Crippen molar-refractivity contribution in [3.8, 4) is 0 Å². The molecule has 0 radical (unpaired) electrons. The normalized spacial score (nSPS) is 10.2. The van der Waals surface area contributed by atoms with E-state index in [4.69, 9.17) is 16.7 Å². The first-order valence-corrected chi connectivity index (χ1v) is 8.62. The van der Waals surface area contributed by atoms with Crippen LogP contribution in [0.3, 0.4) is 0 Å². The molecule has 0 unspecified atom stereocenters. The van der Waals surface area contributed by atoms with Crippen molar-refractivity contribution in [2.75, 3.05) is 10.6 Å². The van der Waals surface area contributed by atoms with Crippen molar-refractivity contribution in [3.63, 3.8) is 0 Å². The fourth-order valence-electron chi connectivity index (χ4n) is 2.51. The lowest BCUT2D eigenvalue weighted by Crippen LogP contribution is -2.18. The molecule has 0 heterocycles. The summed E-state index contributed by atoms with van der Waals surface area (Å²) in [6.07, 6.45) is 0. The zero-order chi connectivity index (χ0) is 20.1. The van der Waals surface area contributed by atoms with E-state index in [-0.39, 0.29) is 17.0 Å². The van der Waals surface area contributed by atoms with Crippen LogP contribution in [0.15, 0.2) is 72.8 Å². The summed E-state index contributed by atoms with van der Waals surface area (Å²) >= 11 is 5.83. The van der Waals surface area contributed by atoms with E-state index >= 15 is 0 Å². The largest absolute Gasteiger partial charge is 0.478 e. The number of rotatable bonds is 5. The van der Waals surface area contributed by atoms with Crippen LogP contribution in [-0.2, 0) is 0 Å². The Labute approximate surface area is 165 Å². The molecule has 0 aliphatic carbocycles. The Bertz CT molecular complexity index is 1050.